The third kappa shape index (κ3) is 4.30. The van der Waals surface area contributed by atoms with Crippen LogP contribution in [0.5, 0.6) is 0 Å². The number of hydrogen-bond donors (Lipinski definition) is 2. The van der Waals surface area contributed by atoms with Crippen molar-refractivity contribution in [1.82, 2.24) is 20.4 Å². The lowest BCUT2D eigenvalue weighted by molar-refractivity contribution is 0.0949. The fraction of sp³-hybridized carbons (Fsp3) is 0.500. The molecule has 1 fully saturated rings. The van der Waals surface area contributed by atoms with Gasteiger partial charge < -0.3 is 10.6 Å². The summed E-state index contributed by atoms with van der Waals surface area (Å²) < 4.78 is 14.9. The largest absolute Gasteiger partial charge is 0.352 e. The van der Waals surface area contributed by atoms with Crippen molar-refractivity contribution >= 4 is 5.91 Å². The predicted octanol–water partition coefficient (Wildman–Crippen LogP) is 3.25. The summed E-state index contributed by atoms with van der Waals surface area (Å²) >= 11 is 0. The number of aromatic nitrogens is 2. The Hall–Kier alpha value is -2.21. The van der Waals surface area contributed by atoms with Gasteiger partial charge in [-0.05, 0) is 68.5 Å². The van der Waals surface area contributed by atoms with Crippen LogP contribution in [-0.2, 0) is 0 Å². The van der Waals surface area contributed by atoms with Gasteiger partial charge in [0.25, 0.3) is 5.91 Å². The Bertz CT molecular complexity index is 733. The van der Waals surface area contributed by atoms with Crippen LogP contribution in [-0.4, -0.2) is 35.3 Å². The fourth-order valence-electron chi connectivity index (χ4n) is 3.53. The van der Waals surface area contributed by atoms with Crippen LogP contribution in [0.25, 0.3) is 5.69 Å². The highest BCUT2D eigenvalue weighted by atomic mass is 19.1. The Balaban J connectivity index is 1.70. The molecule has 3 rings (SSSR count). The summed E-state index contributed by atoms with van der Waals surface area (Å²) in [5.41, 5.74) is 2.18. The molecule has 140 valence electrons. The van der Waals surface area contributed by atoms with E-state index in [4.69, 9.17) is 0 Å². The summed E-state index contributed by atoms with van der Waals surface area (Å²) in [6.45, 7) is 6.87. The number of nitrogens with one attached hydrogen (secondary N) is 2. The van der Waals surface area contributed by atoms with E-state index in [1.54, 1.807) is 23.0 Å². The van der Waals surface area contributed by atoms with Gasteiger partial charge in [-0.2, -0.15) is 5.10 Å². The molecular formula is C20H27FN4O. The van der Waals surface area contributed by atoms with Crippen LogP contribution >= 0.6 is 0 Å². The van der Waals surface area contributed by atoms with E-state index in [9.17, 15) is 9.18 Å². The lowest BCUT2D eigenvalue weighted by atomic mass is 9.96. The molecule has 6 heteroatoms. The topological polar surface area (TPSA) is 59.0 Å². The summed E-state index contributed by atoms with van der Waals surface area (Å²) in [5, 5.41) is 10.8. The Morgan fingerprint density at radius 3 is 2.81 bits per heavy atom. The Morgan fingerprint density at radius 1 is 1.38 bits per heavy atom. The van der Waals surface area contributed by atoms with Crippen molar-refractivity contribution < 1.29 is 9.18 Å². The number of rotatable bonds is 6. The summed E-state index contributed by atoms with van der Waals surface area (Å²) in [6.07, 6.45) is 5.03. The zero-order valence-electron chi connectivity index (χ0n) is 15.5. The smallest absolute Gasteiger partial charge is 0.254 e. The molecule has 2 aromatic rings. The van der Waals surface area contributed by atoms with E-state index < -0.39 is 0 Å². The molecule has 1 aliphatic rings. The van der Waals surface area contributed by atoms with Gasteiger partial charge >= 0.3 is 0 Å². The van der Waals surface area contributed by atoms with Crippen molar-refractivity contribution in [1.29, 1.82) is 0 Å². The maximum atomic E-state index is 13.2. The first-order valence-corrected chi connectivity index (χ1v) is 9.39. The average Bonchev–Trinajstić information content (AvgIpc) is 3.08. The highest BCUT2D eigenvalue weighted by Gasteiger charge is 2.21. The molecule has 1 aromatic heterocycles. The monoisotopic (exact) mass is 358 g/mol. The molecule has 0 radical (unpaired) electrons. The molecule has 2 heterocycles. The van der Waals surface area contributed by atoms with E-state index in [1.165, 1.54) is 25.0 Å². The van der Waals surface area contributed by atoms with E-state index in [1.807, 2.05) is 13.8 Å². The minimum atomic E-state index is -0.290. The molecular weight excluding hydrogens is 331 g/mol. The molecule has 1 atom stereocenters. The second kappa shape index (κ2) is 8.45. The van der Waals surface area contributed by atoms with Crippen LogP contribution in [0.1, 0.15) is 55.1 Å². The van der Waals surface area contributed by atoms with E-state index >= 15 is 0 Å². The lowest BCUT2D eigenvalue weighted by Gasteiger charge is -2.22. The van der Waals surface area contributed by atoms with Gasteiger partial charge in [-0.1, -0.05) is 13.8 Å². The number of amides is 1. The Morgan fingerprint density at radius 2 is 2.15 bits per heavy atom. The summed E-state index contributed by atoms with van der Waals surface area (Å²) in [6, 6.07) is 6.15. The molecule has 0 spiro atoms. The molecule has 0 bridgehead atoms. The molecule has 1 amide bonds. The molecule has 1 aliphatic heterocycles. The summed E-state index contributed by atoms with van der Waals surface area (Å²) in [5.74, 6) is 0.370. The first kappa shape index (κ1) is 18.6. The van der Waals surface area contributed by atoms with Crippen molar-refractivity contribution in [3.8, 4) is 5.69 Å². The molecule has 2 N–H and O–H groups in total. The molecule has 0 saturated carbocycles. The molecule has 1 unspecified atom stereocenters. The average molecular weight is 358 g/mol. The van der Waals surface area contributed by atoms with E-state index in [2.05, 4.69) is 15.7 Å². The molecule has 1 aromatic carbocycles. The number of carbonyl (C=O) groups is 1. The molecule has 5 nitrogen and oxygen atoms in total. The van der Waals surface area contributed by atoms with Gasteiger partial charge in [0.05, 0.1) is 23.1 Å². The molecule has 1 saturated heterocycles. The summed E-state index contributed by atoms with van der Waals surface area (Å²) in [7, 11) is 0. The number of halogens is 1. The third-order valence-electron chi connectivity index (χ3n) is 4.91. The lowest BCUT2D eigenvalue weighted by Crippen LogP contribution is -2.33. The van der Waals surface area contributed by atoms with E-state index in [-0.39, 0.29) is 17.6 Å². The molecule has 0 aliphatic carbocycles. The minimum Gasteiger partial charge on any atom is -0.352 e. The quantitative estimate of drug-likeness (QED) is 0.833. The van der Waals surface area contributed by atoms with Gasteiger partial charge in [0.15, 0.2) is 0 Å². The minimum absolute atomic E-state index is 0.0918. The van der Waals surface area contributed by atoms with Gasteiger partial charge in [-0.15, -0.1) is 0 Å². The van der Waals surface area contributed by atoms with Crippen molar-refractivity contribution in [2.24, 2.45) is 5.92 Å². The summed E-state index contributed by atoms with van der Waals surface area (Å²) in [4.78, 5) is 12.7. The Kier molecular flexibility index (Phi) is 6.04. The Labute approximate surface area is 154 Å². The first-order valence-electron chi connectivity index (χ1n) is 9.39. The molecule has 26 heavy (non-hydrogen) atoms. The number of piperidine rings is 1. The normalized spacial score (nSPS) is 17.5. The van der Waals surface area contributed by atoms with Crippen LogP contribution in [0.4, 0.5) is 4.39 Å². The van der Waals surface area contributed by atoms with Crippen LogP contribution in [0.3, 0.4) is 0 Å². The van der Waals surface area contributed by atoms with E-state index in [0.29, 0.717) is 18.0 Å². The number of benzene rings is 1. The second-order valence-electron chi connectivity index (χ2n) is 7.24. The van der Waals surface area contributed by atoms with Crippen molar-refractivity contribution in [2.45, 2.75) is 39.0 Å². The van der Waals surface area contributed by atoms with Crippen LogP contribution in [0.15, 0.2) is 30.5 Å². The van der Waals surface area contributed by atoms with Crippen molar-refractivity contribution in [3.05, 3.63) is 47.5 Å². The van der Waals surface area contributed by atoms with Crippen LogP contribution in [0.2, 0.25) is 0 Å². The van der Waals surface area contributed by atoms with Gasteiger partial charge in [0, 0.05) is 6.54 Å². The standard InChI is InChI=1S/C20H27FN4O/c1-14(2)19-18(13-24-25(19)17-7-5-16(21)6-8-17)20(26)23-11-9-15-4-3-10-22-12-15/h5-8,13-15,22H,3-4,9-12H2,1-2H3,(H,23,26). The zero-order chi connectivity index (χ0) is 18.5. The van der Waals surface area contributed by atoms with Crippen LogP contribution in [0, 0.1) is 11.7 Å². The van der Waals surface area contributed by atoms with Gasteiger partial charge in [-0.25, -0.2) is 9.07 Å². The number of hydrogen-bond acceptors (Lipinski definition) is 3. The number of carbonyl (C=O) groups excluding carboxylic acids is 1. The van der Waals surface area contributed by atoms with Gasteiger partial charge in [0.1, 0.15) is 5.82 Å². The SMILES string of the molecule is CC(C)c1c(C(=O)NCCC2CCCNC2)cnn1-c1ccc(F)cc1. The van der Waals surface area contributed by atoms with Crippen molar-refractivity contribution in [2.75, 3.05) is 19.6 Å². The highest BCUT2D eigenvalue weighted by molar-refractivity contribution is 5.95. The number of nitrogens with zero attached hydrogens (tertiary/aromatic N) is 2. The predicted molar refractivity (Wildman–Crippen MR) is 100 cm³/mol. The fourth-order valence-corrected chi connectivity index (χ4v) is 3.53. The maximum absolute atomic E-state index is 13.2. The van der Waals surface area contributed by atoms with Gasteiger partial charge in [0.2, 0.25) is 0 Å². The second-order valence-corrected chi connectivity index (χ2v) is 7.24. The van der Waals surface area contributed by atoms with Gasteiger partial charge in [-0.3, -0.25) is 4.79 Å². The van der Waals surface area contributed by atoms with E-state index in [0.717, 1.165) is 30.9 Å². The maximum Gasteiger partial charge on any atom is 0.254 e. The first-order chi connectivity index (χ1) is 12.6. The van der Waals surface area contributed by atoms with Crippen molar-refractivity contribution in [3.63, 3.8) is 0 Å². The van der Waals surface area contributed by atoms with Crippen LogP contribution < -0.4 is 10.6 Å². The zero-order valence-corrected chi connectivity index (χ0v) is 15.5. The highest BCUT2D eigenvalue weighted by Crippen LogP contribution is 2.23. The third-order valence-corrected chi connectivity index (χ3v) is 4.91.